The first-order chi connectivity index (χ1) is 18.0. The predicted octanol–water partition coefficient (Wildman–Crippen LogP) is 6.29. The topological polar surface area (TPSA) is 93.8 Å². The standard InChI is InChI=1S/C30H30N2O5.ClH/c1-19(26-8-3-4-17-31-26)36-25-7-5-6-22(18-25)29(34)27-28(20-11-15-24(35-2)16-12-20)32-37-30(27)21-9-13-23(33)14-10-21;/h5-7,9-16,18-19,26,31,33H,3-4,8,17H2,1-2H3;1H. The van der Waals surface area contributed by atoms with Crippen LogP contribution in [-0.4, -0.2) is 41.8 Å². The average Bonchev–Trinajstić information content (AvgIpc) is 3.39. The maximum Gasteiger partial charge on any atom is 0.199 e. The second-order valence-electron chi connectivity index (χ2n) is 9.25. The molecule has 0 amide bonds. The highest BCUT2D eigenvalue weighted by Gasteiger charge is 2.27. The second-order valence-corrected chi connectivity index (χ2v) is 9.25. The molecule has 0 saturated carbocycles. The normalized spacial score (nSPS) is 15.8. The zero-order valence-electron chi connectivity index (χ0n) is 21.3. The highest BCUT2D eigenvalue weighted by molar-refractivity contribution is 6.15. The van der Waals surface area contributed by atoms with E-state index in [4.69, 9.17) is 14.0 Å². The number of benzene rings is 3. The van der Waals surface area contributed by atoms with Gasteiger partial charge in [0.05, 0.1) is 12.7 Å². The molecular formula is C30H31ClN2O5. The third-order valence-electron chi connectivity index (χ3n) is 6.75. The number of halogens is 1. The molecule has 1 saturated heterocycles. The number of nitrogens with zero attached hydrogens (tertiary/aromatic N) is 1. The SMILES string of the molecule is COc1ccc(-c2noc(-c3ccc(O)cc3)c2C(=O)c2cccc(OC(C)C3CCCCN3)c2)cc1.Cl. The summed E-state index contributed by atoms with van der Waals surface area (Å²) < 4.78 is 17.2. The highest BCUT2D eigenvalue weighted by Crippen LogP contribution is 2.35. The number of piperidine rings is 1. The number of carbonyl (C=O) groups excluding carboxylic acids is 1. The van der Waals surface area contributed by atoms with Crippen molar-refractivity contribution in [2.75, 3.05) is 13.7 Å². The summed E-state index contributed by atoms with van der Waals surface area (Å²) >= 11 is 0. The van der Waals surface area contributed by atoms with Crippen molar-refractivity contribution in [3.63, 3.8) is 0 Å². The summed E-state index contributed by atoms with van der Waals surface area (Å²) in [5, 5.41) is 17.5. The minimum Gasteiger partial charge on any atom is -0.508 e. The van der Waals surface area contributed by atoms with Crippen LogP contribution in [0.15, 0.2) is 77.3 Å². The zero-order valence-corrected chi connectivity index (χ0v) is 22.2. The van der Waals surface area contributed by atoms with Crippen LogP contribution < -0.4 is 14.8 Å². The van der Waals surface area contributed by atoms with E-state index in [0.29, 0.717) is 39.6 Å². The number of ether oxygens (including phenoxy) is 2. The van der Waals surface area contributed by atoms with Crippen LogP contribution in [0, 0.1) is 0 Å². The lowest BCUT2D eigenvalue weighted by Crippen LogP contribution is -2.44. The first-order valence-corrected chi connectivity index (χ1v) is 12.5. The molecule has 0 aliphatic carbocycles. The molecule has 4 aromatic rings. The second kappa shape index (κ2) is 12.2. The lowest BCUT2D eigenvalue weighted by molar-refractivity contribution is 0.103. The molecule has 8 heteroatoms. The molecule has 38 heavy (non-hydrogen) atoms. The summed E-state index contributed by atoms with van der Waals surface area (Å²) in [6, 6.07) is 21.3. The van der Waals surface area contributed by atoms with Crippen molar-refractivity contribution in [1.29, 1.82) is 0 Å². The van der Waals surface area contributed by atoms with E-state index in [1.54, 1.807) is 43.5 Å². The van der Waals surface area contributed by atoms with Crippen molar-refractivity contribution >= 4 is 18.2 Å². The monoisotopic (exact) mass is 534 g/mol. The van der Waals surface area contributed by atoms with Gasteiger partial charge in [-0.1, -0.05) is 23.7 Å². The number of hydrogen-bond donors (Lipinski definition) is 2. The van der Waals surface area contributed by atoms with Gasteiger partial charge in [-0.15, -0.1) is 12.4 Å². The lowest BCUT2D eigenvalue weighted by atomic mass is 9.95. The molecule has 0 radical (unpaired) electrons. The first-order valence-electron chi connectivity index (χ1n) is 12.5. The lowest BCUT2D eigenvalue weighted by Gasteiger charge is -2.29. The van der Waals surface area contributed by atoms with Crippen molar-refractivity contribution in [2.24, 2.45) is 0 Å². The van der Waals surface area contributed by atoms with Crippen LogP contribution in [0.3, 0.4) is 0 Å². The molecule has 2 heterocycles. The maximum atomic E-state index is 14.0. The van der Waals surface area contributed by atoms with E-state index < -0.39 is 0 Å². The van der Waals surface area contributed by atoms with Gasteiger partial charge < -0.3 is 24.4 Å². The fourth-order valence-electron chi connectivity index (χ4n) is 4.69. The van der Waals surface area contributed by atoms with Crippen LogP contribution in [0.1, 0.15) is 42.1 Å². The highest BCUT2D eigenvalue weighted by atomic mass is 35.5. The van der Waals surface area contributed by atoms with Crippen LogP contribution in [0.5, 0.6) is 17.2 Å². The molecule has 2 unspecified atom stereocenters. The number of carbonyl (C=O) groups is 1. The first kappa shape index (κ1) is 27.2. The smallest absolute Gasteiger partial charge is 0.199 e. The number of phenolic OH excluding ortho intramolecular Hbond substituents is 1. The van der Waals surface area contributed by atoms with E-state index in [2.05, 4.69) is 17.4 Å². The Balaban J connectivity index is 0.00000336. The van der Waals surface area contributed by atoms with Crippen LogP contribution in [0.25, 0.3) is 22.6 Å². The van der Waals surface area contributed by atoms with Gasteiger partial charge in [0, 0.05) is 22.7 Å². The van der Waals surface area contributed by atoms with Crippen LogP contribution in [0.4, 0.5) is 0 Å². The van der Waals surface area contributed by atoms with Gasteiger partial charge in [0.1, 0.15) is 29.0 Å². The van der Waals surface area contributed by atoms with E-state index in [9.17, 15) is 9.90 Å². The molecule has 1 aromatic heterocycles. The number of nitrogens with one attached hydrogen (secondary N) is 1. The summed E-state index contributed by atoms with van der Waals surface area (Å²) in [6.07, 6.45) is 3.42. The third kappa shape index (κ3) is 5.85. The Morgan fingerprint density at radius 1 is 1.03 bits per heavy atom. The Hall–Kier alpha value is -3.81. The minimum atomic E-state index is -0.232. The third-order valence-corrected chi connectivity index (χ3v) is 6.75. The summed E-state index contributed by atoms with van der Waals surface area (Å²) in [4.78, 5) is 14.0. The van der Waals surface area contributed by atoms with Crippen molar-refractivity contribution in [2.45, 2.75) is 38.3 Å². The van der Waals surface area contributed by atoms with Crippen molar-refractivity contribution < 1.29 is 23.9 Å². The Bertz CT molecular complexity index is 1360. The summed E-state index contributed by atoms with van der Waals surface area (Å²) in [6.45, 7) is 3.06. The van der Waals surface area contributed by atoms with Gasteiger partial charge in [-0.2, -0.15) is 0 Å². The predicted molar refractivity (Wildman–Crippen MR) is 148 cm³/mol. The number of aromatic hydroxyl groups is 1. The number of aromatic nitrogens is 1. The number of ketones is 1. The van der Waals surface area contributed by atoms with E-state index in [1.807, 2.05) is 36.4 Å². The van der Waals surface area contributed by atoms with Gasteiger partial charge in [-0.05, 0) is 87.0 Å². The Kier molecular flexibility index (Phi) is 8.71. The van der Waals surface area contributed by atoms with Crippen LogP contribution in [-0.2, 0) is 0 Å². The molecule has 1 aliphatic heterocycles. The van der Waals surface area contributed by atoms with Gasteiger partial charge >= 0.3 is 0 Å². The Labute approximate surface area is 228 Å². The van der Waals surface area contributed by atoms with Gasteiger partial charge in [-0.3, -0.25) is 4.79 Å². The van der Waals surface area contributed by atoms with E-state index >= 15 is 0 Å². The van der Waals surface area contributed by atoms with Gasteiger partial charge in [0.2, 0.25) is 0 Å². The van der Waals surface area contributed by atoms with Gasteiger partial charge in [0.25, 0.3) is 0 Å². The summed E-state index contributed by atoms with van der Waals surface area (Å²) in [5.74, 6) is 1.56. The molecule has 2 atom stereocenters. The summed E-state index contributed by atoms with van der Waals surface area (Å²) in [7, 11) is 1.60. The molecular weight excluding hydrogens is 504 g/mol. The molecule has 0 spiro atoms. The molecule has 7 nitrogen and oxygen atoms in total. The van der Waals surface area contributed by atoms with Crippen LogP contribution in [0.2, 0.25) is 0 Å². The fraction of sp³-hybridized carbons (Fsp3) is 0.267. The van der Waals surface area contributed by atoms with Gasteiger partial charge in [-0.25, -0.2) is 0 Å². The van der Waals surface area contributed by atoms with E-state index in [0.717, 1.165) is 18.5 Å². The van der Waals surface area contributed by atoms with E-state index in [1.165, 1.54) is 12.8 Å². The number of methoxy groups -OCH3 is 1. The molecule has 1 fully saturated rings. The Morgan fingerprint density at radius 3 is 2.45 bits per heavy atom. The van der Waals surface area contributed by atoms with Crippen LogP contribution >= 0.6 is 12.4 Å². The molecule has 198 valence electrons. The van der Waals surface area contributed by atoms with Crippen molar-refractivity contribution in [3.05, 3.63) is 83.9 Å². The van der Waals surface area contributed by atoms with Crippen molar-refractivity contribution in [1.82, 2.24) is 10.5 Å². The molecule has 3 aromatic carbocycles. The number of phenols is 1. The molecule has 2 N–H and O–H groups in total. The quantitative estimate of drug-likeness (QED) is 0.257. The molecule has 0 bridgehead atoms. The largest absolute Gasteiger partial charge is 0.508 e. The van der Waals surface area contributed by atoms with E-state index in [-0.39, 0.29) is 36.1 Å². The fourth-order valence-corrected chi connectivity index (χ4v) is 4.69. The van der Waals surface area contributed by atoms with Gasteiger partial charge in [0.15, 0.2) is 11.5 Å². The Morgan fingerprint density at radius 2 is 1.76 bits per heavy atom. The summed E-state index contributed by atoms with van der Waals surface area (Å²) in [5.41, 5.74) is 2.61. The molecule has 5 rings (SSSR count). The zero-order chi connectivity index (χ0) is 25.8. The molecule has 1 aliphatic rings. The average molecular weight is 535 g/mol. The van der Waals surface area contributed by atoms with Crippen molar-refractivity contribution in [3.8, 4) is 39.8 Å². The maximum absolute atomic E-state index is 14.0. The number of hydrogen-bond acceptors (Lipinski definition) is 7. The minimum absolute atomic E-state index is 0. The number of rotatable bonds is 8.